The van der Waals surface area contributed by atoms with Crippen LogP contribution in [0.25, 0.3) is 11.1 Å². The summed E-state index contributed by atoms with van der Waals surface area (Å²) in [5.41, 5.74) is 9.35. The SMILES string of the molecule is NCC(c1ccccc1)c1ccc(Cl)c(-c2ccccc2F)c1. The first kappa shape index (κ1) is 15.7. The summed E-state index contributed by atoms with van der Waals surface area (Å²) in [7, 11) is 0. The fourth-order valence-electron chi connectivity index (χ4n) is 2.80. The first-order valence-electron chi connectivity index (χ1n) is 7.50. The van der Waals surface area contributed by atoms with Crippen LogP contribution >= 0.6 is 11.6 Å². The zero-order valence-electron chi connectivity index (χ0n) is 12.5. The van der Waals surface area contributed by atoms with Crippen LogP contribution < -0.4 is 5.73 Å². The van der Waals surface area contributed by atoms with E-state index in [0.29, 0.717) is 22.7 Å². The average Bonchev–Trinajstić information content (AvgIpc) is 2.59. The Labute approximate surface area is 140 Å². The molecule has 0 aliphatic rings. The Morgan fingerprint density at radius 3 is 2.22 bits per heavy atom. The molecule has 23 heavy (non-hydrogen) atoms. The Bertz CT molecular complexity index is 802. The van der Waals surface area contributed by atoms with E-state index in [-0.39, 0.29) is 11.7 Å². The maximum atomic E-state index is 14.1. The van der Waals surface area contributed by atoms with E-state index in [4.69, 9.17) is 17.3 Å². The normalized spacial score (nSPS) is 12.1. The van der Waals surface area contributed by atoms with E-state index in [0.717, 1.165) is 11.1 Å². The number of halogens is 2. The molecule has 0 aliphatic carbocycles. The van der Waals surface area contributed by atoms with Gasteiger partial charge in [0.25, 0.3) is 0 Å². The molecule has 1 atom stereocenters. The van der Waals surface area contributed by atoms with Crippen LogP contribution in [0.4, 0.5) is 4.39 Å². The summed E-state index contributed by atoms with van der Waals surface area (Å²) in [6, 6.07) is 22.4. The summed E-state index contributed by atoms with van der Waals surface area (Å²) >= 11 is 6.30. The van der Waals surface area contributed by atoms with E-state index >= 15 is 0 Å². The molecular formula is C20H17ClFN. The van der Waals surface area contributed by atoms with Gasteiger partial charge in [-0.15, -0.1) is 0 Å². The van der Waals surface area contributed by atoms with Crippen molar-refractivity contribution in [2.45, 2.75) is 5.92 Å². The first-order chi connectivity index (χ1) is 11.2. The minimum Gasteiger partial charge on any atom is -0.330 e. The molecule has 0 saturated carbocycles. The fraction of sp³-hybridized carbons (Fsp3) is 0.100. The van der Waals surface area contributed by atoms with Crippen LogP contribution in [-0.2, 0) is 0 Å². The highest BCUT2D eigenvalue weighted by molar-refractivity contribution is 6.33. The molecule has 1 nitrogen and oxygen atoms in total. The third-order valence-electron chi connectivity index (χ3n) is 3.99. The fourth-order valence-corrected chi connectivity index (χ4v) is 3.01. The molecule has 3 rings (SSSR count). The lowest BCUT2D eigenvalue weighted by Gasteiger charge is -2.18. The monoisotopic (exact) mass is 325 g/mol. The number of hydrogen-bond acceptors (Lipinski definition) is 1. The second-order valence-corrected chi connectivity index (χ2v) is 5.83. The van der Waals surface area contributed by atoms with Crippen LogP contribution in [0.15, 0.2) is 72.8 Å². The summed E-state index contributed by atoms with van der Waals surface area (Å²) in [4.78, 5) is 0. The van der Waals surface area contributed by atoms with Crippen molar-refractivity contribution in [3.8, 4) is 11.1 Å². The zero-order chi connectivity index (χ0) is 16.2. The van der Waals surface area contributed by atoms with E-state index in [1.807, 2.05) is 36.4 Å². The first-order valence-corrected chi connectivity index (χ1v) is 7.88. The molecule has 0 aliphatic heterocycles. The summed E-state index contributed by atoms with van der Waals surface area (Å²) in [6.45, 7) is 0.475. The molecule has 0 bridgehead atoms. The summed E-state index contributed by atoms with van der Waals surface area (Å²) in [5, 5.41) is 0.530. The number of nitrogens with two attached hydrogens (primary N) is 1. The average molecular weight is 326 g/mol. The molecule has 0 spiro atoms. The predicted molar refractivity (Wildman–Crippen MR) is 94.2 cm³/mol. The molecular weight excluding hydrogens is 309 g/mol. The van der Waals surface area contributed by atoms with Crippen LogP contribution in [0.1, 0.15) is 17.0 Å². The van der Waals surface area contributed by atoms with Gasteiger partial charge in [-0.2, -0.15) is 0 Å². The van der Waals surface area contributed by atoms with Crippen molar-refractivity contribution in [3.63, 3.8) is 0 Å². The molecule has 2 N–H and O–H groups in total. The smallest absolute Gasteiger partial charge is 0.131 e. The maximum Gasteiger partial charge on any atom is 0.131 e. The third kappa shape index (κ3) is 3.29. The molecule has 0 radical (unpaired) electrons. The van der Waals surface area contributed by atoms with Crippen molar-refractivity contribution in [1.29, 1.82) is 0 Å². The maximum absolute atomic E-state index is 14.1. The quantitative estimate of drug-likeness (QED) is 0.697. The lowest BCUT2D eigenvalue weighted by molar-refractivity contribution is 0.631. The molecule has 3 aromatic rings. The predicted octanol–water partition coefficient (Wildman–Crippen LogP) is 5.24. The van der Waals surface area contributed by atoms with Gasteiger partial charge >= 0.3 is 0 Å². The largest absolute Gasteiger partial charge is 0.330 e. The highest BCUT2D eigenvalue weighted by Crippen LogP contribution is 2.34. The summed E-state index contributed by atoms with van der Waals surface area (Å²) in [6.07, 6.45) is 0. The molecule has 116 valence electrons. The number of benzene rings is 3. The molecule has 0 amide bonds. The van der Waals surface area contributed by atoms with Crippen molar-refractivity contribution in [2.75, 3.05) is 6.54 Å². The van der Waals surface area contributed by atoms with Crippen LogP contribution in [0, 0.1) is 5.82 Å². The van der Waals surface area contributed by atoms with Crippen molar-refractivity contribution in [3.05, 3.63) is 94.8 Å². The van der Waals surface area contributed by atoms with Gasteiger partial charge in [0.1, 0.15) is 5.82 Å². The van der Waals surface area contributed by atoms with Gasteiger partial charge in [0.05, 0.1) is 0 Å². The van der Waals surface area contributed by atoms with Crippen molar-refractivity contribution >= 4 is 11.6 Å². The highest BCUT2D eigenvalue weighted by atomic mass is 35.5. The molecule has 0 saturated heterocycles. The van der Waals surface area contributed by atoms with E-state index < -0.39 is 0 Å². The lowest BCUT2D eigenvalue weighted by atomic mass is 9.89. The molecule has 1 unspecified atom stereocenters. The second-order valence-electron chi connectivity index (χ2n) is 5.42. The van der Waals surface area contributed by atoms with E-state index in [2.05, 4.69) is 12.1 Å². The molecule has 0 heterocycles. The minimum absolute atomic E-state index is 0.0546. The Hall–Kier alpha value is -2.16. The Morgan fingerprint density at radius 1 is 0.826 bits per heavy atom. The molecule has 3 aromatic carbocycles. The summed E-state index contributed by atoms with van der Waals surface area (Å²) < 4.78 is 14.1. The van der Waals surface area contributed by atoms with Gasteiger partial charge in [-0.3, -0.25) is 0 Å². The van der Waals surface area contributed by atoms with Gasteiger partial charge in [-0.1, -0.05) is 66.2 Å². The van der Waals surface area contributed by atoms with Crippen LogP contribution in [-0.4, -0.2) is 6.54 Å². The van der Waals surface area contributed by atoms with Crippen molar-refractivity contribution in [1.82, 2.24) is 0 Å². The molecule has 0 aromatic heterocycles. The lowest BCUT2D eigenvalue weighted by Crippen LogP contribution is -2.13. The standard InChI is InChI=1S/C20H17ClFN/c21-19-11-10-15(18(13-23)14-6-2-1-3-7-14)12-17(19)16-8-4-5-9-20(16)22/h1-12,18H,13,23H2. The minimum atomic E-state index is -0.282. The van der Waals surface area contributed by atoms with Gasteiger partial charge in [0.2, 0.25) is 0 Å². The Balaban J connectivity index is 2.08. The topological polar surface area (TPSA) is 26.0 Å². The van der Waals surface area contributed by atoms with Gasteiger partial charge in [-0.05, 0) is 29.3 Å². The van der Waals surface area contributed by atoms with E-state index in [1.165, 1.54) is 6.07 Å². The van der Waals surface area contributed by atoms with E-state index in [9.17, 15) is 4.39 Å². The molecule has 0 fully saturated rings. The van der Waals surface area contributed by atoms with Crippen LogP contribution in [0.5, 0.6) is 0 Å². The zero-order valence-corrected chi connectivity index (χ0v) is 13.3. The van der Waals surface area contributed by atoms with Crippen molar-refractivity contribution in [2.24, 2.45) is 5.73 Å². The number of rotatable bonds is 4. The van der Waals surface area contributed by atoms with E-state index in [1.54, 1.807) is 18.2 Å². The third-order valence-corrected chi connectivity index (χ3v) is 4.32. The second kappa shape index (κ2) is 6.95. The highest BCUT2D eigenvalue weighted by Gasteiger charge is 2.15. The van der Waals surface area contributed by atoms with Gasteiger partial charge in [-0.25, -0.2) is 4.39 Å². The molecule has 3 heteroatoms. The Kier molecular flexibility index (Phi) is 4.75. The summed E-state index contributed by atoms with van der Waals surface area (Å²) in [5.74, 6) is -0.227. The van der Waals surface area contributed by atoms with Gasteiger partial charge in [0, 0.05) is 28.6 Å². The van der Waals surface area contributed by atoms with Gasteiger partial charge < -0.3 is 5.73 Å². The Morgan fingerprint density at radius 2 is 1.52 bits per heavy atom. The van der Waals surface area contributed by atoms with Gasteiger partial charge in [0.15, 0.2) is 0 Å². The number of hydrogen-bond donors (Lipinski definition) is 1. The van der Waals surface area contributed by atoms with Crippen molar-refractivity contribution < 1.29 is 4.39 Å². The van der Waals surface area contributed by atoms with Crippen LogP contribution in [0.3, 0.4) is 0 Å². The van der Waals surface area contributed by atoms with Crippen LogP contribution in [0.2, 0.25) is 5.02 Å².